The molecule has 1 aromatic heterocycles. The fraction of sp³-hybridized carbons (Fsp3) is 0.105. The summed E-state index contributed by atoms with van der Waals surface area (Å²) in [4.78, 5) is 20.3. The molecule has 0 bridgehead atoms. The molecule has 0 saturated carbocycles. The van der Waals surface area contributed by atoms with Crippen LogP contribution in [0.15, 0.2) is 64.2 Å². The van der Waals surface area contributed by atoms with E-state index in [9.17, 15) is 9.90 Å². The number of nitrogens with zero attached hydrogens (tertiary/aromatic N) is 2. The number of carboxylic acid groups (broad SMARTS) is 1. The first-order chi connectivity index (χ1) is 12.5. The molecule has 0 spiro atoms. The molecule has 3 aromatic rings. The number of aromatic carboxylic acids is 1. The molecule has 0 radical (unpaired) electrons. The zero-order chi connectivity index (χ0) is 18.5. The first-order valence-corrected chi connectivity index (χ1v) is 9.61. The average molecular weight is 430 g/mol. The maximum absolute atomic E-state index is 11.3. The fourth-order valence-electron chi connectivity index (χ4n) is 2.32. The monoisotopic (exact) mass is 429 g/mol. The van der Waals surface area contributed by atoms with Crippen LogP contribution in [-0.4, -0.2) is 21.0 Å². The second-order valence-corrected chi connectivity index (χ2v) is 7.43. The van der Waals surface area contributed by atoms with Gasteiger partial charge in [-0.05, 0) is 36.8 Å². The molecular weight excluding hydrogens is 414 g/mol. The van der Waals surface area contributed by atoms with E-state index < -0.39 is 5.97 Å². The summed E-state index contributed by atoms with van der Waals surface area (Å²) in [6.45, 7) is 1.89. The molecular formula is C19H16BrN3O2S. The van der Waals surface area contributed by atoms with Crippen LogP contribution in [0.2, 0.25) is 0 Å². The van der Waals surface area contributed by atoms with Gasteiger partial charge in [0.25, 0.3) is 0 Å². The van der Waals surface area contributed by atoms with Crippen LogP contribution >= 0.6 is 27.7 Å². The van der Waals surface area contributed by atoms with Gasteiger partial charge in [-0.1, -0.05) is 52.0 Å². The Hall–Kier alpha value is -2.38. The highest BCUT2D eigenvalue weighted by Crippen LogP contribution is 2.25. The largest absolute Gasteiger partial charge is 0.478 e. The van der Waals surface area contributed by atoms with Crippen LogP contribution in [0.1, 0.15) is 21.6 Å². The SMILES string of the molecule is Cc1cc(Nc2ccccc2C(=O)O)nc(SCc2ccc(Br)cc2)n1. The maximum Gasteiger partial charge on any atom is 0.337 e. The minimum atomic E-state index is -0.983. The van der Waals surface area contributed by atoms with E-state index in [2.05, 4.69) is 43.3 Å². The van der Waals surface area contributed by atoms with Crippen molar-refractivity contribution in [3.05, 3.63) is 75.9 Å². The number of hydrogen-bond acceptors (Lipinski definition) is 5. The number of carbonyl (C=O) groups is 1. The number of aryl methyl sites for hydroxylation is 1. The van der Waals surface area contributed by atoms with E-state index in [4.69, 9.17) is 0 Å². The minimum Gasteiger partial charge on any atom is -0.478 e. The van der Waals surface area contributed by atoms with Gasteiger partial charge in [-0.2, -0.15) is 0 Å². The standard InChI is InChI=1S/C19H16BrN3O2S/c1-12-10-17(22-16-5-3-2-4-15(16)18(24)25)23-19(21-12)26-11-13-6-8-14(20)9-7-13/h2-10H,11H2,1H3,(H,24,25)(H,21,22,23). The molecule has 5 nitrogen and oxygen atoms in total. The molecule has 0 aliphatic heterocycles. The number of halogens is 1. The molecule has 0 fully saturated rings. The lowest BCUT2D eigenvalue weighted by Gasteiger charge is -2.10. The maximum atomic E-state index is 11.3. The zero-order valence-electron chi connectivity index (χ0n) is 13.9. The molecule has 3 rings (SSSR count). The molecule has 2 N–H and O–H groups in total. The quantitative estimate of drug-likeness (QED) is 0.409. The summed E-state index contributed by atoms with van der Waals surface area (Å²) >= 11 is 4.96. The molecule has 7 heteroatoms. The minimum absolute atomic E-state index is 0.202. The van der Waals surface area contributed by atoms with E-state index in [0.29, 0.717) is 16.7 Å². The van der Waals surface area contributed by atoms with E-state index in [0.717, 1.165) is 15.9 Å². The van der Waals surface area contributed by atoms with Crippen LogP contribution in [0.25, 0.3) is 0 Å². The first kappa shape index (κ1) is 18.4. The van der Waals surface area contributed by atoms with Crippen molar-refractivity contribution < 1.29 is 9.90 Å². The number of carboxylic acids is 1. The number of para-hydroxylation sites is 1. The predicted molar refractivity (Wildman–Crippen MR) is 107 cm³/mol. The molecule has 0 saturated heterocycles. The number of rotatable bonds is 6. The van der Waals surface area contributed by atoms with Crippen molar-refractivity contribution in [2.24, 2.45) is 0 Å². The van der Waals surface area contributed by atoms with Gasteiger partial charge in [0.15, 0.2) is 5.16 Å². The third kappa shape index (κ3) is 4.83. The second kappa shape index (κ2) is 8.33. The normalized spacial score (nSPS) is 10.5. The fourth-order valence-corrected chi connectivity index (χ4v) is 3.44. The lowest BCUT2D eigenvalue weighted by molar-refractivity contribution is 0.0698. The Morgan fingerprint density at radius 1 is 1.15 bits per heavy atom. The number of aromatic nitrogens is 2. The Kier molecular flexibility index (Phi) is 5.90. The van der Waals surface area contributed by atoms with Gasteiger partial charge in [-0.15, -0.1) is 0 Å². The Bertz CT molecular complexity index is 932. The molecule has 0 unspecified atom stereocenters. The van der Waals surface area contributed by atoms with Gasteiger partial charge in [0.1, 0.15) is 5.82 Å². The van der Waals surface area contributed by atoms with Crippen molar-refractivity contribution in [3.8, 4) is 0 Å². The van der Waals surface area contributed by atoms with Gasteiger partial charge < -0.3 is 10.4 Å². The number of thioether (sulfide) groups is 1. The van der Waals surface area contributed by atoms with E-state index in [1.165, 1.54) is 17.3 Å². The van der Waals surface area contributed by atoms with Crippen molar-refractivity contribution >= 4 is 45.2 Å². The van der Waals surface area contributed by atoms with Gasteiger partial charge in [-0.3, -0.25) is 0 Å². The van der Waals surface area contributed by atoms with Crippen molar-refractivity contribution in [1.29, 1.82) is 0 Å². The molecule has 0 aliphatic rings. The molecule has 132 valence electrons. The van der Waals surface area contributed by atoms with E-state index >= 15 is 0 Å². The summed E-state index contributed by atoms with van der Waals surface area (Å²) in [6, 6.07) is 16.7. The smallest absolute Gasteiger partial charge is 0.337 e. The van der Waals surface area contributed by atoms with Crippen molar-refractivity contribution in [1.82, 2.24) is 9.97 Å². The van der Waals surface area contributed by atoms with Crippen molar-refractivity contribution in [2.45, 2.75) is 17.8 Å². The van der Waals surface area contributed by atoms with Crippen LogP contribution in [0.3, 0.4) is 0 Å². The number of benzene rings is 2. The summed E-state index contributed by atoms with van der Waals surface area (Å²) in [5.41, 5.74) is 2.69. The third-order valence-corrected chi connectivity index (χ3v) is 4.98. The Morgan fingerprint density at radius 2 is 1.88 bits per heavy atom. The van der Waals surface area contributed by atoms with Gasteiger partial charge in [-0.25, -0.2) is 14.8 Å². The van der Waals surface area contributed by atoms with Crippen LogP contribution < -0.4 is 5.32 Å². The Balaban J connectivity index is 1.77. The first-order valence-electron chi connectivity index (χ1n) is 7.83. The molecule has 2 aromatic carbocycles. The summed E-state index contributed by atoms with van der Waals surface area (Å²) in [7, 11) is 0. The summed E-state index contributed by atoms with van der Waals surface area (Å²) in [5, 5.41) is 13.0. The van der Waals surface area contributed by atoms with Crippen LogP contribution in [0.4, 0.5) is 11.5 Å². The van der Waals surface area contributed by atoms with E-state index in [1.807, 2.05) is 19.1 Å². The molecule has 0 amide bonds. The van der Waals surface area contributed by atoms with E-state index in [-0.39, 0.29) is 5.56 Å². The highest BCUT2D eigenvalue weighted by Gasteiger charge is 2.11. The van der Waals surface area contributed by atoms with E-state index in [1.54, 1.807) is 30.3 Å². The van der Waals surface area contributed by atoms with Gasteiger partial charge in [0.2, 0.25) is 0 Å². The molecule has 0 aliphatic carbocycles. The molecule has 1 heterocycles. The van der Waals surface area contributed by atoms with Crippen LogP contribution in [-0.2, 0) is 5.75 Å². The lowest BCUT2D eigenvalue weighted by Crippen LogP contribution is -2.04. The molecule has 26 heavy (non-hydrogen) atoms. The highest BCUT2D eigenvalue weighted by atomic mass is 79.9. The zero-order valence-corrected chi connectivity index (χ0v) is 16.3. The van der Waals surface area contributed by atoms with Gasteiger partial charge in [0.05, 0.1) is 11.3 Å². The third-order valence-electron chi connectivity index (χ3n) is 3.54. The van der Waals surface area contributed by atoms with Crippen LogP contribution in [0.5, 0.6) is 0 Å². The predicted octanol–water partition coefficient (Wildman–Crippen LogP) is 5.28. The van der Waals surface area contributed by atoms with Gasteiger partial charge in [0, 0.05) is 22.0 Å². The highest BCUT2D eigenvalue weighted by molar-refractivity contribution is 9.10. The van der Waals surface area contributed by atoms with Crippen molar-refractivity contribution in [3.63, 3.8) is 0 Å². The number of hydrogen-bond donors (Lipinski definition) is 2. The summed E-state index contributed by atoms with van der Waals surface area (Å²) in [5.74, 6) is 0.343. The molecule has 0 atom stereocenters. The topological polar surface area (TPSA) is 75.1 Å². The number of nitrogens with one attached hydrogen (secondary N) is 1. The second-order valence-electron chi connectivity index (χ2n) is 5.57. The average Bonchev–Trinajstić information content (AvgIpc) is 2.61. The summed E-state index contributed by atoms with van der Waals surface area (Å²) < 4.78 is 1.04. The van der Waals surface area contributed by atoms with Crippen LogP contribution in [0, 0.1) is 6.92 Å². The number of anilines is 2. The Labute approximate surface area is 164 Å². The van der Waals surface area contributed by atoms with Gasteiger partial charge >= 0.3 is 5.97 Å². The van der Waals surface area contributed by atoms with Crippen molar-refractivity contribution in [2.75, 3.05) is 5.32 Å². The Morgan fingerprint density at radius 3 is 2.62 bits per heavy atom. The summed E-state index contributed by atoms with van der Waals surface area (Å²) in [6.07, 6.45) is 0. The lowest BCUT2D eigenvalue weighted by atomic mass is 10.2.